The number of carbonyl (C=O) groups is 1. The molecule has 1 saturated heterocycles. The van der Waals surface area contributed by atoms with Gasteiger partial charge < -0.3 is 9.90 Å². The number of carbonyl (C=O) groups excluding carboxylic acids is 1. The molecule has 1 aromatic rings. The van der Waals surface area contributed by atoms with E-state index in [0.29, 0.717) is 13.1 Å². The van der Waals surface area contributed by atoms with Gasteiger partial charge in [-0.1, -0.05) is 30.3 Å². The molecule has 0 aromatic heterocycles. The van der Waals surface area contributed by atoms with Crippen molar-refractivity contribution < 1.29 is 39.5 Å². The molecular weight excluding hydrogens is 189 g/mol. The molecule has 2 rings (SSSR count). The summed E-state index contributed by atoms with van der Waals surface area (Å²) in [4.78, 5) is 12.3. The fourth-order valence-corrected chi connectivity index (χ4v) is 1.39. The largest absolute Gasteiger partial charge is 1.00 e. The Bertz CT molecular complexity index is 315. The van der Waals surface area contributed by atoms with Crippen molar-refractivity contribution in [2.24, 2.45) is 0 Å². The topological polar surface area (TPSA) is 43.1 Å². The van der Waals surface area contributed by atoms with Crippen molar-refractivity contribution in [3.63, 3.8) is 0 Å². The molecule has 0 spiro atoms. The maximum absolute atomic E-state index is 10.4. The van der Waals surface area contributed by atoms with Crippen LogP contribution in [0.4, 0.5) is 0 Å². The Morgan fingerprint density at radius 3 is 2.57 bits per heavy atom. The SMILES string of the molecule is O=C([O-])C1CN1Cc1ccccc1.[Na+]. The second kappa shape index (κ2) is 4.94. The van der Waals surface area contributed by atoms with Crippen LogP contribution in [0, 0.1) is 0 Å². The second-order valence-electron chi connectivity index (χ2n) is 3.25. The van der Waals surface area contributed by atoms with Crippen molar-refractivity contribution in [1.82, 2.24) is 4.90 Å². The minimum absolute atomic E-state index is 0. The molecule has 1 aliphatic heterocycles. The van der Waals surface area contributed by atoms with Crippen LogP contribution in [-0.4, -0.2) is 23.5 Å². The van der Waals surface area contributed by atoms with E-state index in [1.165, 1.54) is 0 Å². The van der Waals surface area contributed by atoms with Gasteiger partial charge in [-0.05, 0) is 5.56 Å². The van der Waals surface area contributed by atoms with Gasteiger partial charge in [-0.2, -0.15) is 0 Å². The zero-order valence-electron chi connectivity index (χ0n) is 8.14. The summed E-state index contributed by atoms with van der Waals surface area (Å²) in [6, 6.07) is 9.47. The molecular formula is C10H10NNaO2. The first-order valence-electron chi connectivity index (χ1n) is 4.26. The Labute approximate surface area is 105 Å². The number of carboxylic acid groups (broad SMARTS) is 1. The summed E-state index contributed by atoms with van der Waals surface area (Å²) >= 11 is 0. The van der Waals surface area contributed by atoms with Crippen molar-refractivity contribution in [2.75, 3.05) is 6.54 Å². The summed E-state index contributed by atoms with van der Waals surface area (Å²) in [5.74, 6) is -0.962. The Kier molecular flexibility index (Phi) is 4.13. The second-order valence-corrected chi connectivity index (χ2v) is 3.25. The minimum Gasteiger partial charge on any atom is -0.548 e. The molecule has 14 heavy (non-hydrogen) atoms. The minimum atomic E-state index is -0.962. The Hall–Kier alpha value is -0.350. The molecule has 0 radical (unpaired) electrons. The molecule has 0 amide bonds. The molecule has 0 aliphatic carbocycles. The number of hydrogen-bond donors (Lipinski definition) is 0. The van der Waals surface area contributed by atoms with Gasteiger partial charge >= 0.3 is 29.6 Å². The molecule has 3 nitrogen and oxygen atoms in total. The van der Waals surface area contributed by atoms with Gasteiger partial charge in [0.05, 0.1) is 12.0 Å². The van der Waals surface area contributed by atoms with Crippen LogP contribution >= 0.6 is 0 Å². The van der Waals surface area contributed by atoms with Crippen LogP contribution < -0.4 is 34.7 Å². The average Bonchev–Trinajstić information content (AvgIpc) is 2.86. The molecule has 0 saturated carbocycles. The standard InChI is InChI=1S/C10H11NO2.Na/c12-10(13)9-7-11(9)6-8-4-2-1-3-5-8;/h1-5,9H,6-7H2,(H,12,13);/q;+1/p-1. The van der Waals surface area contributed by atoms with Gasteiger partial charge in [-0.3, -0.25) is 4.90 Å². The van der Waals surface area contributed by atoms with Gasteiger partial charge in [0.25, 0.3) is 0 Å². The molecule has 0 bridgehead atoms. The number of hydrogen-bond acceptors (Lipinski definition) is 3. The van der Waals surface area contributed by atoms with Crippen molar-refractivity contribution in [1.29, 1.82) is 0 Å². The molecule has 0 N–H and O–H groups in total. The maximum atomic E-state index is 10.4. The first kappa shape index (κ1) is 11.7. The van der Waals surface area contributed by atoms with E-state index >= 15 is 0 Å². The van der Waals surface area contributed by atoms with Crippen molar-refractivity contribution in [2.45, 2.75) is 12.6 Å². The Morgan fingerprint density at radius 1 is 1.43 bits per heavy atom. The van der Waals surface area contributed by atoms with Crippen LogP contribution in [0.1, 0.15) is 5.56 Å². The molecule has 1 aliphatic rings. The summed E-state index contributed by atoms with van der Waals surface area (Å²) < 4.78 is 0. The third-order valence-corrected chi connectivity index (χ3v) is 2.22. The van der Waals surface area contributed by atoms with Crippen LogP contribution in [-0.2, 0) is 11.3 Å². The predicted octanol–water partition coefficient (Wildman–Crippen LogP) is -3.38. The van der Waals surface area contributed by atoms with Gasteiger partial charge in [-0.15, -0.1) is 0 Å². The zero-order valence-corrected chi connectivity index (χ0v) is 10.1. The third kappa shape index (κ3) is 2.82. The smallest absolute Gasteiger partial charge is 0.548 e. The van der Waals surface area contributed by atoms with Gasteiger partial charge in [0.2, 0.25) is 0 Å². The van der Waals surface area contributed by atoms with E-state index in [9.17, 15) is 9.90 Å². The van der Waals surface area contributed by atoms with Crippen molar-refractivity contribution in [3.8, 4) is 0 Å². The molecule has 2 atom stereocenters. The van der Waals surface area contributed by atoms with E-state index in [0.717, 1.165) is 5.56 Å². The zero-order chi connectivity index (χ0) is 9.26. The first-order chi connectivity index (χ1) is 6.27. The fourth-order valence-electron chi connectivity index (χ4n) is 1.39. The molecule has 1 heterocycles. The summed E-state index contributed by atoms with van der Waals surface area (Å²) in [6.45, 7) is 1.33. The molecule has 2 unspecified atom stereocenters. The van der Waals surface area contributed by atoms with E-state index in [-0.39, 0.29) is 35.6 Å². The summed E-state index contributed by atoms with van der Waals surface area (Å²) in [5.41, 5.74) is 1.14. The Morgan fingerprint density at radius 2 is 2.07 bits per heavy atom. The normalized spacial score (nSPS) is 23.7. The summed E-state index contributed by atoms with van der Waals surface area (Å²) in [6.07, 6.45) is 0. The van der Waals surface area contributed by atoms with Crippen LogP contribution in [0.2, 0.25) is 0 Å². The van der Waals surface area contributed by atoms with Gasteiger partial charge in [0.1, 0.15) is 0 Å². The van der Waals surface area contributed by atoms with Gasteiger partial charge in [0.15, 0.2) is 0 Å². The van der Waals surface area contributed by atoms with E-state index < -0.39 is 5.97 Å². The van der Waals surface area contributed by atoms with E-state index in [1.54, 1.807) is 0 Å². The molecule has 1 aromatic carbocycles. The first-order valence-corrected chi connectivity index (χ1v) is 4.26. The van der Waals surface area contributed by atoms with Gasteiger partial charge in [-0.25, -0.2) is 0 Å². The maximum Gasteiger partial charge on any atom is 1.00 e. The molecule has 4 heteroatoms. The quantitative estimate of drug-likeness (QED) is 0.377. The third-order valence-electron chi connectivity index (χ3n) is 2.22. The predicted molar refractivity (Wildman–Crippen MR) is 45.6 cm³/mol. The van der Waals surface area contributed by atoms with Crippen LogP contribution in [0.25, 0.3) is 0 Å². The number of nitrogens with zero attached hydrogens (tertiary/aromatic N) is 1. The van der Waals surface area contributed by atoms with E-state index in [4.69, 9.17) is 0 Å². The van der Waals surface area contributed by atoms with E-state index in [1.807, 2.05) is 35.2 Å². The number of rotatable bonds is 3. The van der Waals surface area contributed by atoms with Gasteiger partial charge in [0, 0.05) is 13.1 Å². The molecule has 68 valence electrons. The van der Waals surface area contributed by atoms with E-state index in [2.05, 4.69) is 0 Å². The van der Waals surface area contributed by atoms with Crippen LogP contribution in [0.15, 0.2) is 30.3 Å². The van der Waals surface area contributed by atoms with Crippen molar-refractivity contribution in [3.05, 3.63) is 35.9 Å². The average molecular weight is 199 g/mol. The Balaban J connectivity index is 0.000000980. The van der Waals surface area contributed by atoms with Crippen LogP contribution in [0.3, 0.4) is 0 Å². The monoisotopic (exact) mass is 199 g/mol. The van der Waals surface area contributed by atoms with Crippen LogP contribution in [0.5, 0.6) is 0 Å². The summed E-state index contributed by atoms with van der Waals surface area (Å²) in [7, 11) is 0. The molecule has 1 fully saturated rings. The summed E-state index contributed by atoms with van der Waals surface area (Å²) in [5, 5.41) is 10.4. The van der Waals surface area contributed by atoms with Crippen molar-refractivity contribution >= 4 is 5.97 Å². The number of carboxylic acids is 1. The number of benzene rings is 1. The fraction of sp³-hybridized carbons (Fsp3) is 0.300. The number of aliphatic carboxylic acids is 1.